The lowest BCUT2D eigenvalue weighted by molar-refractivity contribution is 0.101. The molecule has 0 bridgehead atoms. The van der Waals surface area contributed by atoms with Crippen molar-refractivity contribution in [2.75, 3.05) is 41.8 Å². The predicted octanol–water partition coefficient (Wildman–Crippen LogP) is 4.01. The zero-order chi connectivity index (χ0) is 21.8. The molecule has 0 radical (unpaired) electrons. The lowest BCUT2D eigenvalue weighted by Gasteiger charge is -2.27. The summed E-state index contributed by atoms with van der Waals surface area (Å²) in [5, 5.41) is 6.52. The van der Waals surface area contributed by atoms with Gasteiger partial charge in [-0.1, -0.05) is 18.2 Å². The Kier molecular flexibility index (Phi) is 6.08. The topological polar surface area (TPSA) is 92.3 Å². The molecule has 2 heterocycles. The monoisotopic (exact) mass is 418 g/mol. The van der Waals surface area contributed by atoms with E-state index in [2.05, 4.69) is 62.5 Å². The van der Waals surface area contributed by atoms with Crippen molar-refractivity contribution in [2.24, 2.45) is 0 Å². The quantitative estimate of drug-likeness (QED) is 0.580. The molecule has 3 aromatic rings. The van der Waals surface area contributed by atoms with Gasteiger partial charge in [0, 0.05) is 30.0 Å². The number of morpholine rings is 1. The van der Waals surface area contributed by atoms with Crippen LogP contribution >= 0.6 is 0 Å². The molecule has 1 fully saturated rings. The van der Waals surface area contributed by atoms with Crippen LogP contribution in [0.4, 0.5) is 29.2 Å². The number of hydrogen-bond donors (Lipinski definition) is 2. The van der Waals surface area contributed by atoms with Crippen LogP contribution in [0.1, 0.15) is 28.4 Å². The van der Waals surface area contributed by atoms with Crippen molar-refractivity contribution in [3.8, 4) is 0 Å². The van der Waals surface area contributed by atoms with Crippen LogP contribution in [0.5, 0.6) is 0 Å². The molecule has 0 amide bonds. The maximum absolute atomic E-state index is 11.7. The molecule has 1 aliphatic rings. The Morgan fingerprint density at radius 1 is 0.903 bits per heavy atom. The van der Waals surface area contributed by atoms with Crippen LogP contribution < -0.4 is 15.5 Å². The molecule has 8 heteroatoms. The molecule has 160 valence electrons. The highest BCUT2D eigenvalue weighted by atomic mass is 16.5. The first-order chi connectivity index (χ1) is 15.0. The third-order valence-electron chi connectivity index (χ3n) is 4.92. The molecule has 4 rings (SSSR count). The summed E-state index contributed by atoms with van der Waals surface area (Å²) in [5.41, 5.74) is 4.60. The van der Waals surface area contributed by atoms with E-state index in [0.717, 1.165) is 22.5 Å². The number of carbonyl (C=O) groups is 1. The Balaban J connectivity index is 1.67. The van der Waals surface area contributed by atoms with E-state index in [4.69, 9.17) is 4.74 Å². The number of hydrogen-bond acceptors (Lipinski definition) is 8. The normalized spacial score (nSPS) is 13.7. The minimum Gasteiger partial charge on any atom is -0.378 e. The fourth-order valence-electron chi connectivity index (χ4n) is 3.50. The largest absolute Gasteiger partial charge is 0.378 e. The van der Waals surface area contributed by atoms with Crippen LogP contribution in [0.15, 0.2) is 42.5 Å². The van der Waals surface area contributed by atoms with Gasteiger partial charge < -0.3 is 20.3 Å². The molecular weight excluding hydrogens is 392 g/mol. The van der Waals surface area contributed by atoms with Crippen molar-refractivity contribution < 1.29 is 9.53 Å². The number of benzene rings is 2. The van der Waals surface area contributed by atoms with Gasteiger partial charge in [0.15, 0.2) is 5.78 Å². The van der Waals surface area contributed by atoms with Crippen LogP contribution in [0.2, 0.25) is 0 Å². The molecule has 2 aromatic carbocycles. The number of carbonyl (C=O) groups excluding carboxylic acids is 1. The van der Waals surface area contributed by atoms with E-state index in [1.807, 2.05) is 12.1 Å². The third kappa shape index (κ3) is 5.35. The second-order valence-electron chi connectivity index (χ2n) is 7.65. The van der Waals surface area contributed by atoms with Crippen LogP contribution in [0.3, 0.4) is 0 Å². The van der Waals surface area contributed by atoms with Gasteiger partial charge in [-0.2, -0.15) is 15.0 Å². The Labute approximate surface area is 181 Å². The molecule has 1 aliphatic heterocycles. The Bertz CT molecular complexity index is 1070. The van der Waals surface area contributed by atoms with E-state index < -0.39 is 0 Å². The van der Waals surface area contributed by atoms with Crippen molar-refractivity contribution in [2.45, 2.75) is 20.8 Å². The van der Waals surface area contributed by atoms with Crippen LogP contribution in [-0.2, 0) is 4.74 Å². The van der Waals surface area contributed by atoms with Crippen LogP contribution in [-0.4, -0.2) is 47.0 Å². The SMILES string of the molecule is CC(=O)c1cccc(Nc2nc(Nc3cc(C)cc(C)c3)nc(N3CCOCC3)n2)c1. The molecule has 1 aromatic heterocycles. The lowest BCUT2D eigenvalue weighted by atomic mass is 10.1. The van der Waals surface area contributed by atoms with Crippen molar-refractivity contribution in [1.82, 2.24) is 15.0 Å². The summed E-state index contributed by atoms with van der Waals surface area (Å²) in [6, 6.07) is 13.5. The van der Waals surface area contributed by atoms with Gasteiger partial charge in [-0.05, 0) is 56.2 Å². The molecule has 0 atom stereocenters. The highest BCUT2D eigenvalue weighted by molar-refractivity contribution is 5.95. The number of aryl methyl sites for hydroxylation is 2. The summed E-state index contributed by atoms with van der Waals surface area (Å²) in [4.78, 5) is 27.6. The van der Waals surface area contributed by atoms with Gasteiger partial charge >= 0.3 is 0 Å². The summed E-state index contributed by atoms with van der Waals surface area (Å²) < 4.78 is 5.46. The number of Topliss-reactive ketones (excluding diaryl/α,β-unsaturated/α-hetero) is 1. The van der Waals surface area contributed by atoms with Gasteiger partial charge in [0.1, 0.15) is 0 Å². The van der Waals surface area contributed by atoms with Crippen molar-refractivity contribution in [3.63, 3.8) is 0 Å². The first-order valence-corrected chi connectivity index (χ1v) is 10.3. The van der Waals surface area contributed by atoms with E-state index in [1.54, 1.807) is 19.1 Å². The summed E-state index contributed by atoms with van der Waals surface area (Å²) in [5.74, 6) is 1.44. The number of aromatic nitrogens is 3. The zero-order valence-electron chi connectivity index (χ0n) is 18.0. The number of anilines is 5. The van der Waals surface area contributed by atoms with Gasteiger partial charge in [-0.25, -0.2) is 0 Å². The fourth-order valence-corrected chi connectivity index (χ4v) is 3.50. The van der Waals surface area contributed by atoms with Gasteiger partial charge in [0.05, 0.1) is 13.2 Å². The number of nitrogens with one attached hydrogen (secondary N) is 2. The fraction of sp³-hybridized carbons (Fsp3) is 0.304. The molecule has 0 aliphatic carbocycles. The van der Waals surface area contributed by atoms with Gasteiger partial charge in [-0.3, -0.25) is 4.79 Å². The van der Waals surface area contributed by atoms with Crippen LogP contribution in [0, 0.1) is 13.8 Å². The average Bonchev–Trinajstić information content (AvgIpc) is 2.73. The number of ketones is 1. The molecule has 0 unspecified atom stereocenters. The Morgan fingerprint density at radius 3 is 2.19 bits per heavy atom. The smallest absolute Gasteiger partial charge is 0.233 e. The van der Waals surface area contributed by atoms with E-state index in [9.17, 15) is 4.79 Å². The highest BCUT2D eigenvalue weighted by Gasteiger charge is 2.17. The second-order valence-corrected chi connectivity index (χ2v) is 7.65. The summed E-state index contributed by atoms with van der Waals surface area (Å²) in [7, 11) is 0. The number of nitrogens with zero attached hydrogens (tertiary/aromatic N) is 4. The summed E-state index contributed by atoms with van der Waals surface area (Å²) in [6.45, 7) is 8.35. The maximum Gasteiger partial charge on any atom is 0.233 e. The van der Waals surface area contributed by atoms with E-state index in [0.29, 0.717) is 49.7 Å². The lowest BCUT2D eigenvalue weighted by Crippen LogP contribution is -2.37. The standard InChI is InChI=1S/C23H26N6O2/c1-15-11-16(2)13-20(12-15)25-22-26-21(24-19-6-4-5-18(14-19)17(3)30)27-23(28-22)29-7-9-31-10-8-29/h4-6,11-14H,7-10H2,1-3H3,(H2,24,25,26,27,28). The minimum atomic E-state index is 0.00507. The summed E-state index contributed by atoms with van der Waals surface area (Å²) >= 11 is 0. The van der Waals surface area contributed by atoms with Crippen molar-refractivity contribution in [3.05, 3.63) is 59.2 Å². The first-order valence-electron chi connectivity index (χ1n) is 10.3. The molecule has 0 spiro atoms. The Morgan fingerprint density at radius 2 is 1.55 bits per heavy atom. The van der Waals surface area contributed by atoms with Gasteiger partial charge in [0.25, 0.3) is 0 Å². The van der Waals surface area contributed by atoms with E-state index in [1.165, 1.54) is 0 Å². The number of rotatable bonds is 6. The van der Waals surface area contributed by atoms with E-state index in [-0.39, 0.29) is 5.78 Å². The van der Waals surface area contributed by atoms with Gasteiger partial charge in [-0.15, -0.1) is 0 Å². The second kappa shape index (κ2) is 9.09. The average molecular weight is 419 g/mol. The molecule has 1 saturated heterocycles. The molecular formula is C23H26N6O2. The summed E-state index contributed by atoms with van der Waals surface area (Å²) in [6.07, 6.45) is 0. The third-order valence-corrected chi connectivity index (χ3v) is 4.92. The van der Waals surface area contributed by atoms with Crippen molar-refractivity contribution >= 4 is 35.0 Å². The van der Waals surface area contributed by atoms with E-state index >= 15 is 0 Å². The first kappa shape index (κ1) is 20.7. The molecule has 8 nitrogen and oxygen atoms in total. The predicted molar refractivity (Wildman–Crippen MR) is 122 cm³/mol. The number of ether oxygens (including phenoxy) is 1. The maximum atomic E-state index is 11.7. The van der Waals surface area contributed by atoms with Crippen molar-refractivity contribution in [1.29, 1.82) is 0 Å². The minimum absolute atomic E-state index is 0.00507. The molecule has 31 heavy (non-hydrogen) atoms. The zero-order valence-corrected chi connectivity index (χ0v) is 18.0. The molecule has 0 saturated carbocycles. The molecule has 2 N–H and O–H groups in total. The Hall–Kier alpha value is -3.52. The van der Waals surface area contributed by atoms with Crippen LogP contribution in [0.25, 0.3) is 0 Å². The van der Waals surface area contributed by atoms with Gasteiger partial charge in [0.2, 0.25) is 17.8 Å². The highest BCUT2D eigenvalue weighted by Crippen LogP contribution is 2.23.